The topological polar surface area (TPSA) is 78.5 Å². The summed E-state index contributed by atoms with van der Waals surface area (Å²) in [6.45, 7) is 6.29. The zero-order chi connectivity index (χ0) is 23.8. The molecular formula is C27H31N5O2S. The maximum absolute atomic E-state index is 13.5. The van der Waals surface area contributed by atoms with Crippen molar-refractivity contribution in [1.82, 2.24) is 15.6 Å². The zero-order valence-electron chi connectivity index (χ0n) is 19.8. The molecule has 3 aromatic rings. The van der Waals surface area contributed by atoms with Crippen LogP contribution in [0.3, 0.4) is 0 Å². The van der Waals surface area contributed by atoms with Gasteiger partial charge in [-0.2, -0.15) is 0 Å². The van der Waals surface area contributed by atoms with E-state index in [0.29, 0.717) is 6.04 Å². The fraction of sp³-hybridized carbons (Fsp3) is 0.407. The molecule has 0 radical (unpaired) electrons. The van der Waals surface area contributed by atoms with Crippen LogP contribution in [0.5, 0.6) is 5.75 Å². The van der Waals surface area contributed by atoms with Crippen LogP contribution in [-0.2, 0) is 0 Å². The average molecular weight is 490 g/mol. The molecule has 0 unspecified atom stereocenters. The van der Waals surface area contributed by atoms with Crippen molar-refractivity contribution in [1.29, 1.82) is 0 Å². The van der Waals surface area contributed by atoms with Crippen molar-refractivity contribution in [3.8, 4) is 5.75 Å². The van der Waals surface area contributed by atoms with Gasteiger partial charge in [0.2, 0.25) is 0 Å². The van der Waals surface area contributed by atoms with E-state index in [1.54, 1.807) is 22.4 Å². The highest BCUT2D eigenvalue weighted by molar-refractivity contribution is 7.20. The van der Waals surface area contributed by atoms with Crippen molar-refractivity contribution in [2.45, 2.75) is 57.1 Å². The van der Waals surface area contributed by atoms with E-state index in [1.165, 1.54) is 19.3 Å². The lowest BCUT2D eigenvalue weighted by atomic mass is 9.98. The number of benzene rings is 1. The summed E-state index contributed by atoms with van der Waals surface area (Å²) >= 11 is 1.57. The van der Waals surface area contributed by atoms with Gasteiger partial charge in [-0.15, -0.1) is 11.3 Å². The van der Waals surface area contributed by atoms with Gasteiger partial charge in [-0.3, -0.25) is 4.90 Å². The molecule has 182 valence electrons. The van der Waals surface area contributed by atoms with E-state index in [2.05, 4.69) is 27.5 Å². The van der Waals surface area contributed by atoms with E-state index >= 15 is 0 Å². The van der Waals surface area contributed by atoms with Crippen molar-refractivity contribution >= 4 is 50.3 Å². The van der Waals surface area contributed by atoms with Crippen LogP contribution in [-0.4, -0.2) is 36.3 Å². The second-order valence-electron chi connectivity index (χ2n) is 9.62. The number of aromatic nitrogens is 1. The average Bonchev–Trinajstić information content (AvgIpc) is 3.25. The number of anilines is 3. The number of carbonyl (C=O) groups is 1. The molecule has 8 heteroatoms. The second-order valence-corrected chi connectivity index (χ2v) is 10.6. The number of ether oxygens (including phenoxy) is 1. The number of carbonyl (C=O) groups excluding carboxylic acids is 1. The van der Waals surface area contributed by atoms with Crippen molar-refractivity contribution in [2.75, 3.05) is 23.3 Å². The highest BCUT2D eigenvalue weighted by Gasteiger charge is 2.32. The predicted octanol–water partition coefficient (Wildman–Crippen LogP) is 6.00. The number of thiophene rings is 1. The molecular weight excluding hydrogens is 458 g/mol. The third-order valence-electron chi connectivity index (χ3n) is 7.13. The minimum Gasteiger partial charge on any atom is -0.490 e. The summed E-state index contributed by atoms with van der Waals surface area (Å²) < 4.78 is 6.28. The molecule has 1 saturated heterocycles. The first-order chi connectivity index (χ1) is 17.2. The van der Waals surface area contributed by atoms with Gasteiger partial charge in [0, 0.05) is 30.5 Å². The van der Waals surface area contributed by atoms with Gasteiger partial charge in [-0.25, -0.2) is 9.78 Å². The SMILES string of the molecule is C=C(N[C@@H]1CCCNC1)c1sc2nccc3c2c1NC(=O)N3c1cccc(OC2CCCCC2)c1. The standard InChI is InChI=1S/C27H31N5O2S/c1-17(30-18-7-6-13-28-16-18)25-24-23-22(12-14-29-26(23)35-25)32(27(33)31-24)19-8-5-11-21(15-19)34-20-9-3-2-4-10-20/h5,8,11-12,14-15,18,20,28,30H,1-4,6-7,9-10,13,16H2,(H,31,33)/t18-/m1/s1. The number of urea groups is 1. The fourth-order valence-electron chi connectivity index (χ4n) is 5.41. The van der Waals surface area contributed by atoms with Crippen LogP contribution in [0.15, 0.2) is 43.1 Å². The lowest BCUT2D eigenvalue weighted by Crippen LogP contribution is -2.42. The molecule has 1 aromatic carbocycles. The van der Waals surface area contributed by atoms with Crippen LogP contribution in [0.1, 0.15) is 49.8 Å². The maximum atomic E-state index is 13.5. The van der Waals surface area contributed by atoms with Crippen molar-refractivity contribution < 1.29 is 9.53 Å². The Hall–Kier alpha value is -3.10. The van der Waals surface area contributed by atoms with E-state index < -0.39 is 0 Å². The molecule has 0 bridgehead atoms. The Balaban J connectivity index is 1.32. The molecule has 2 aliphatic heterocycles. The molecule has 7 nitrogen and oxygen atoms in total. The van der Waals surface area contributed by atoms with Gasteiger partial charge in [0.05, 0.1) is 33.4 Å². The van der Waals surface area contributed by atoms with Crippen molar-refractivity contribution in [3.05, 3.63) is 48.0 Å². The molecule has 1 saturated carbocycles. The molecule has 2 amide bonds. The first kappa shape index (κ1) is 22.4. The van der Waals surface area contributed by atoms with Crippen LogP contribution in [0.2, 0.25) is 0 Å². The highest BCUT2D eigenvalue weighted by Crippen LogP contribution is 2.47. The van der Waals surface area contributed by atoms with Crippen LogP contribution < -0.4 is 25.6 Å². The highest BCUT2D eigenvalue weighted by atomic mass is 32.1. The van der Waals surface area contributed by atoms with Crippen molar-refractivity contribution in [2.24, 2.45) is 0 Å². The Morgan fingerprint density at radius 3 is 2.89 bits per heavy atom. The summed E-state index contributed by atoms with van der Waals surface area (Å²) in [4.78, 5) is 21.6. The molecule has 3 N–H and O–H groups in total. The van der Waals surface area contributed by atoms with Gasteiger partial charge in [-0.1, -0.05) is 19.1 Å². The van der Waals surface area contributed by atoms with Gasteiger partial charge in [-0.05, 0) is 63.3 Å². The number of nitrogens with zero attached hydrogens (tertiary/aromatic N) is 2. The molecule has 2 aromatic heterocycles. The Bertz CT molecular complexity index is 1260. The van der Waals surface area contributed by atoms with E-state index in [1.807, 2.05) is 30.3 Å². The van der Waals surface area contributed by atoms with E-state index in [4.69, 9.17) is 4.74 Å². The molecule has 0 spiro atoms. The summed E-state index contributed by atoms with van der Waals surface area (Å²) in [5, 5.41) is 11.1. The first-order valence-corrected chi connectivity index (χ1v) is 13.4. The summed E-state index contributed by atoms with van der Waals surface area (Å²) in [6.07, 6.45) is 10.2. The molecule has 1 aliphatic carbocycles. The Morgan fingerprint density at radius 1 is 1.17 bits per heavy atom. The quantitative estimate of drug-likeness (QED) is 0.396. The van der Waals surface area contributed by atoms with Gasteiger partial charge in [0.1, 0.15) is 10.6 Å². The number of nitrogens with one attached hydrogen (secondary N) is 3. The molecule has 1 atom stereocenters. The Labute approximate surface area is 209 Å². The van der Waals surface area contributed by atoms with E-state index in [-0.39, 0.29) is 12.1 Å². The lowest BCUT2D eigenvalue weighted by molar-refractivity contribution is 0.155. The third-order valence-corrected chi connectivity index (χ3v) is 8.28. The number of hydrogen-bond donors (Lipinski definition) is 3. The largest absolute Gasteiger partial charge is 0.490 e. The summed E-state index contributed by atoms with van der Waals surface area (Å²) in [7, 11) is 0. The fourth-order valence-corrected chi connectivity index (χ4v) is 6.46. The number of rotatable bonds is 6. The van der Waals surface area contributed by atoms with Crippen LogP contribution in [0.25, 0.3) is 15.9 Å². The normalized spacial score (nSPS) is 20.5. The predicted molar refractivity (Wildman–Crippen MR) is 143 cm³/mol. The monoisotopic (exact) mass is 489 g/mol. The third kappa shape index (κ3) is 4.36. The number of amides is 2. The van der Waals surface area contributed by atoms with Crippen molar-refractivity contribution in [3.63, 3.8) is 0 Å². The number of piperidine rings is 1. The Morgan fingerprint density at radius 2 is 2.06 bits per heavy atom. The van der Waals surface area contributed by atoms with Gasteiger partial charge < -0.3 is 20.7 Å². The van der Waals surface area contributed by atoms with Gasteiger partial charge >= 0.3 is 6.03 Å². The summed E-state index contributed by atoms with van der Waals surface area (Å²) in [6, 6.07) is 9.92. The zero-order valence-corrected chi connectivity index (χ0v) is 20.6. The molecule has 3 aliphatic rings. The molecule has 4 heterocycles. The van der Waals surface area contributed by atoms with Crippen LogP contribution in [0, 0.1) is 0 Å². The van der Waals surface area contributed by atoms with Gasteiger partial charge in [0.25, 0.3) is 0 Å². The molecule has 6 rings (SSSR count). The second kappa shape index (κ2) is 9.51. The Kier molecular flexibility index (Phi) is 6.08. The summed E-state index contributed by atoms with van der Waals surface area (Å²) in [5.74, 6) is 0.808. The van der Waals surface area contributed by atoms with Gasteiger partial charge in [0.15, 0.2) is 0 Å². The smallest absolute Gasteiger partial charge is 0.331 e. The number of hydrogen-bond acceptors (Lipinski definition) is 6. The minimum atomic E-state index is -0.188. The van der Waals surface area contributed by atoms with Crippen LogP contribution >= 0.6 is 11.3 Å². The molecule has 2 fully saturated rings. The van der Waals surface area contributed by atoms with Crippen LogP contribution in [0.4, 0.5) is 21.9 Å². The number of pyridine rings is 1. The maximum Gasteiger partial charge on any atom is 0.331 e. The minimum absolute atomic E-state index is 0.188. The summed E-state index contributed by atoms with van der Waals surface area (Å²) in [5.41, 5.74) is 3.25. The van der Waals surface area contributed by atoms with E-state index in [0.717, 1.165) is 82.4 Å². The lowest BCUT2D eigenvalue weighted by Gasteiger charge is -2.30. The molecule has 35 heavy (non-hydrogen) atoms. The first-order valence-electron chi connectivity index (χ1n) is 12.6. The van der Waals surface area contributed by atoms with E-state index in [9.17, 15) is 4.79 Å².